The van der Waals surface area contributed by atoms with E-state index in [0.29, 0.717) is 29.4 Å². The van der Waals surface area contributed by atoms with Gasteiger partial charge in [0.25, 0.3) is 5.91 Å². The Balaban J connectivity index is 1.92. The molecule has 148 valence electrons. The summed E-state index contributed by atoms with van der Waals surface area (Å²) < 4.78 is 5.23. The fourth-order valence-corrected chi connectivity index (χ4v) is 3.14. The van der Waals surface area contributed by atoms with Crippen molar-refractivity contribution in [3.63, 3.8) is 0 Å². The van der Waals surface area contributed by atoms with Crippen LogP contribution in [0, 0.1) is 0 Å². The number of methoxy groups -OCH3 is 1. The summed E-state index contributed by atoms with van der Waals surface area (Å²) >= 11 is 6.29. The molecule has 0 aliphatic carbocycles. The zero-order valence-corrected chi connectivity index (χ0v) is 16.6. The van der Waals surface area contributed by atoms with Gasteiger partial charge < -0.3 is 14.7 Å². The van der Waals surface area contributed by atoms with Crippen molar-refractivity contribution in [1.82, 2.24) is 4.90 Å². The number of ether oxygens (including phenoxy) is 1. The first kappa shape index (κ1) is 20.4. The highest BCUT2D eigenvalue weighted by molar-refractivity contribution is 6.33. The predicted molar refractivity (Wildman–Crippen MR) is 111 cm³/mol. The number of nitrogens with zero attached hydrogens (tertiary/aromatic N) is 1. The number of carboxylic acids is 1. The van der Waals surface area contributed by atoms with Gasteiger partial charge in [0.1, 0.15) is 5.75 Å². The molecule has 0 aliphatic heterocycles. The molecular formula is C23H20ClNO4. The third-order valence-electron chi connectivity index (χ3n) is 4.48. The van der Waals surface area contributed by atoms with Crippen molar-refractivity contribution in [1.29, 1.82) is 0 Å². The Morgan fingerprint density at radius 3 is 2.14 bits per heavy atom. The van der Waals surface area contributed by atoms with Crippen LogP contribution in [0.1, 0.15) is 31.8 Å². The number of hydrogen-bond acceptors (Lipinski definition) is 3. The first-order valence-corrected chi connectivity index (χ1v) is 9.34. The first-order chi connectivity index (χ1) is 14.0. The maximum absolute atomic E-state index is 13.3. The fourth-order valence-electron chi connectivity index (χ4n) is 2.94. The maximum atomic E-state index is 13.3. The number of amides is 1. The van der Waals surface area contributed by atoms with Crippen molar-refractivity contribution in [2.75, 3.05) is 7.11 Å². The lowest BCUT2D eigenvalue weighted by molar-refractivity contribution is 0.0693. The molecule has 0 atom stereocenters. The molecule has 3 rings (SSSR count). The zero-order valence-electron chi connectivity index (χ0n) is 15.8. The van der Waals surface area contributed by atoms with Gasteiger partial charge in [-0.05, 0) is 41.5 Å². The fraction of sp³-hybridized carbons (Fsp3) is 0.130. The minimum absolute atomic E-state index is 0.200. The molecule has 0 heterocycles. The van der Waals surface area contributed by atoms with Crippen LogP contribution in [0.3, 0.4) is 0 Å². The Bertz CT molecular complexity index is 1000. The van der Waals surface area contributed by atoms with Gasteiger partial charge in [0.2, 0.25) is 0 Å². The number of halogens is 1. The minimum atomic E-state index is -0.989. The smallest absolute Gasteiger partial charge is 0.335 e. The lowest BCUT2D eigenvalue weighted by Crippen LogP contribution is -2.30. The molecule has 5 nitrogen and oxygen atoms in total. The van der Waals surface area contributed by atoms with E-state index in [1.54, 1.807) is 35.2 Å². The van der Waals surface area contributed by atoms with Gasteiger partial charge in [-0.3, -0.25) is 4.79 Å². The Morgan fingerprint density at radius 1 is 0.931 bits per heavy atom. The second-order valence-electron chi connectivity index (χ2n) is 6.49. The molecule has 0 unspecified atom stereocenters. The molecule has 0 aromatic heterocycles. The highest BCUT2D eigenvalue weighted by atomic mass is 35.5. The van der Waals surface area contributed by atoms with Crippen molar-refractivity contribution in [2.45, 2.75) is 13.1 Å². The summed E-state index contributed by atoms with van der Waals surface area (Å²) in [5, 5.41) is 9.42. The van der Waals surface area contributed by atoms with Crippen LogP contribution < -0.4 is 4.74 Å². The molecule has 1 amide bonds. The Kier molecular flexibility index (Phi) is 6.52. The summed E-state index contributed by atoms with van der Waals surface area (Å²) in [5.74, 6) is -0.680. The summed E-state index contributed by atoms with van der Waals surface area (Å²) in [4.78, 5) is 26.1. The molecule has 0 bridgehead atoms. The van der Waals surface area contributed by atoms with Crippen molar-refractivity contribution < 1.29 is 19.4 Å². The monoisotopic (exact) mass is 409 g/mol. The van der Waals surface area contributed by atoms with Gasteiger partial charge in [0.15, 0.2) is 0 Å². The van der Waals surface area contributed by atoms with Crippen LogP contribution in [0.4, 0.5) is 0 Å². The number of rotatable bonds is 7. The van der Waals surface area contributed by atoms with E-state index in [4.69, 9.17) is 21.4 Å². The van der Waals surface area contributed by atoms with Crippen molar-refractivity contribution in [3.05, 3.63) is 100 Å². The quantitative estimate of drug-likeness (QED) is 0.603. The van der Waals surface area contributed by atoms with Gasteiger partial charge in [0, 0.05) is 13.1 Å². The maximum Gasteiger partial charge on any atom is 0.335 e. The Morgan fingerprint density at radius 2 is 1.55 bits per heavy atom. The van der Waals surface area contributed by atoms with E-state index in [-0.39, 0.29) is 11.5 Å². The SMILES string of the molecule is COc1ccc(Cl)c(C(=O)N(Cc2ccccc2)Cc2ccc(C(=O)O)cc2)c1. The summed E-state index contributed by atoms with van der Waals surface area (Å²) in [5.41, 5.74) is 2.34. The van der Waals surface area contributed by atoms with Gasteiger partial charge in [-0.2, -0.15) is 0 Å². The number of benzene rings is 3. The standard InChI is InChI=1S/C23H20ClNO4/c1-29-19-11-12-21(24)20(13-19)22(26)25(14-16-5-3-2-4-6-16)15-17-7-9-18(10-8-17)23(27)28/h2-13H,14-15H2,1H3,(H,27,28). The van der Waals surface area contributed by atoms with Crippen molar-refractivity contribution >= 4 is 23.5 Å². The molecule has 3 aromatic carbocycles. The molecule has 3 aromatic rings. The molecule has 6 heteroatoms. The Hall–Kier alpha value is -3.31. The second kappa shape index (κ2) is 9.26. The summed E-state index contributed by atoms with van der Waals surface area (Å²) in [6.07, 6.45) is 0. The molecular weight excluding hydrogens is 390 g/mol. The van der Waals surface area contributed by atoms with Crippen LogP contribution in [-0.2, 0) is 13.1 Å². The van der Waals surface area contributed by atoms with E-state index < -0.39 is 5.97 Å². The predicted octanol–water partition coefficient (Wildman–Crippen LogP) is 4.89. The molecule has 29 heavy (non-hydrogen) atoms. The highest BCUT2D eigenvalue weighted by Gasteiger charge is 2.20. The number of carboxylic acid groups (broad SMARTS) is 1. The Labute approximate surface area is 174 Å². The lowest BCUT2D eigenvalue weighted by atomic mass is 10.1. The molecule has 0 saturated heterocycles. The molecule has 0 spiro atoms. The summed E-state index contributed by atoms with van der Waals surface area (Å²) in [6, 6.07) is 21.1. The number of aromatic carboxylic acids is 1. The molecule has 0 saturated carbocycles. The normalized spacial score (nSPS) is 10.4. The van der Waals surface area contributed by atoms with E-state index in [1.165, 1.54) is 19.2 Å². The molecule has 0 fully saturated rings. The number of carbonyl (C=O) groups excluding carboxylic acids is 1. The largest absolute Gasteiger partial charge is 0.497 e. The van der Waals surface area contributed by atoms with Gasteiger partial charge in [-0.25, -0.2) is 4.79 Å². The van der Waals surface area contributed by atoms with E-state index in [2.05, 4.69) is 0 Å². The number of carbonyl (C=O) groups is 2. The summed E-state index contributed by atoms with van der Waals surface area (Å²) in [6.45, 7) is 0.690. The topological polar surface area (TPSA) is 66.8 Å². The van der Waals surface area contributed by atoms with E-state index in [9.17, 15) is 9.59 Å². The van der Waals surface area contributed by atoms with E-state index >= 15 is 0 Å². The minimum Gasteiger partial charge on any atom is -0.497 e. The second-order valence-corrected chi connectivity index (χ2v) is 6.90. The third kappa shape index (κ3) is 5.15. The van der Waals surface area contributed by atoms with Crippen molar-refractivity contribution in [2.24, 2.45) is 0 Å². The first-order valence-electron chi connectivity index (χ1n) is 8.97. The average Bonchev–Trinajstić information content (AvgIpc) is 2.74. The van der Waals surface area contributed by atoms with E-state index in [1.807, 2.05) is 30.3 Å². The van der Waals surface area contributed by atoms with E-state index in [0.717, 1.165) is 11.1 Å². The zero-order chi connectivity index (χ0) is 20.8. The number of hydrogen-bond donors (Lipinski definition) is 1. The van der Waals surface area contributed by atoms with Gasteiger partial charge in [-0.1, -0.05) is 54.1 Å². The van der Waals surface area contributed by atoms with Crippen LogP contribution in [0.5, 0.6) is 5.75 Å². The van der Waals surface area contributed by atoms with Crippen LogP contribution in [0.25, 0.3) is 0 Å². The van der Waals surface area contributed by atoms with Crippen LogP contribution >= 0.6 is 11.6 Å². The van der Waals surface area contributed by atoms with Crippen LogP contribution in [-0.4, -0.2) is 29.0 Å². The molecule has 0 radical (unpaired) electrons. The molecule has 1 N–H and O–H groups in total. The van der Waals surface area contributed by atoms with Crippen molar-refractivity contribution in [3.8, 4) is 5.75 Å². The summed E-state index contributed by atoms with van der Waals surface area (Å²) in [7, 11) is 1.53. The van der Waals surface area contributed by atoms with Crippen LogP contribution in [0.15, 0.2) is 72.8 Å². The van der Waals surface area contributed by atoms with Gasteiger partial charge in [0.05, 0.1) is 23.3 Å². The molecule has 0 aliphatic rings. The van der Waals surface area contributed by atoms with Crippen LogP contribution in [0.2, 0.25) is 5.02 Å². The third-order valence-corrected chi connectivity index (χ3v) is 4.81. The average molecular weight is 410 g/mol. The van der Waals surface area contributed by atoms with Gasteiger partial charge >= 0.3 is 5.97 Å². The van der Waals surface area contributed by atoms with Gasteiger partial charge in [-0.15, -0.1) is 0 Å². The lowest BCUT2D eigenvalue weighted by Gasteiger charge is -2.24. The highest BCUT2D eigenvalue weighted by Crippen LogP contribution is 2.25.